The maximum absolute atomic E-state index is 5.76. The highest BCUT2D eigenvalue weighted by atomic mass is 16.4. The molecular weight excluding hydrogens is 240 g/mol. The van der Waals surface area contributed by atoms with Gasteiger partial charge in [-0.1, -0.05) is 20.8 Å². The largest absolute Gasteiger partial charge is 0.423 e. The van der Waals surface area contributed by atoms with Crippen molar-refractivity contribution in [3.8, 4) is 0 Å². The first-order chi connectivity index (χ1) is 8.99. The molecule has 0 aromatic carbocycles. The van der Waals surface area contributed by atoms with E-state index in [0.717, 1.165) is 50.3 Å². The molecule has 1 atom stereocenters. The summed E-state index contributed by atoms with van der Waals surface area (Å²) in [5, 5.41) is 8.31. The van der Waals surface area contributed by atoms with Crippen LogP contribution in [0.4, 0.5) is 0 Å². The summed E-state index contributed by atoms with van der Waals surface area (Å²) < 4.78 is 5.76. The molecule has 1 aliphatic heterocycles. The molecule has 1 fully saturated rings. The van der Waals surface area contributed by atoms with Crippen molar-refractivity contribution < 1.29 is 4.42 Å². The van der Waals surface area contributed by atoms with Gasteiger partial charge in [0.25, 0.3) is 0 Å². The fourth-order valence-electron chi connectivity index (χ4n) is 2.58. The van der Waals surface area contributed by atoms with E-state index in [1.54, 1.807) is 0 Å². The fraction of sp³-hybridized carbons (Fsp3) is 0.857. The zero-order chi connectivity index (χ0) is 13.9. The Morgan fingerprint density at radius 2 is 2.16 bits per heavy atom. The lowest BCUT2D eigenvalue weighted by atomic mass is 9.95. The number of hydrogen-bond acceptors (Lipinski definition) is 5. The lowest BCUT2D eigenvalue weighted by molar-refractivity contribution is 0.149. The minimum Gasteiger partial charge on any atom is -0.423 e. The highest BCUT2D eigenvalue weighted by Gasteiger charge is 2.24. The normalized spacial score (nSPS) is 21.8. The number of aromatic nitrogens is 2. The van der Waals surface area contributed by atoms with Gasteiger partial charge in [0.2, 0.25) is 11.8 Å². The Balaban J connectivity index is 1.92. The van der Waals surface area contributed by atoms with Crippen LogP contribution >= 0.6 is 0 Å². The van der Waals surface area contributed by atoms with Crippen LogP contribution in [0.2, 0.25) is 0 Å². The summed E-state index contributed by atoms with van der Waals surface area (Å²) >= 11 is 0. The van der Waals surface area contributed by atoms with Crippen LogP contribution in [0.25, 0.3) is 0 Å². The number of piperidine rings is 1. The van der Waals surface area contributed by atoms with Crippen molar-refractivity contribution in [3.05, 3.63) is 11.8 Å². The Hall–Kier alpha value is -0.940. The van der Waals surface area contributed by atoms with Crippen LogP contribution in [0.5, 0.6) is 0 Å². The van der Waals surface area contributed by atoms with Gasteiger partial charge in [-0.3, -0.25) is 4.90 Å². The van der Waals surface area contributed by atoms with Crippen LogP contribution in [0, 0.1) is 5.92 Å². The minimum atomic E-state index is -0.0742. The van der Waals surface area contributed by atoms with Crippen LogP contribution in [0.3, 0.4) is 0 Å². The zero-order valence-corrected chi connectivity index (χ0v) is 12.4. The number of nitrogens with zero attached hydrogens (tertiary/aromatic N) is 3. The molecule has 1 aliphatic rings. The van der Waals surface area contributed by atoms with Crippen molar-refractivity contribution in [2.24, 2.45) is 11.7 Å². The maximum Gasteiger partial charge on any atom is 0.230 e. The fourth-order valence-corrected chi connectivity index (χ4v) is 2.58. The first-order valence-electron chi connectivity index (χ1n) is 7.24. The van der Waals surface area contributed by atoms with E-state index < -0.39 is 0 Å². The molecule has 1 saturated heterocycles. The van der Waals surface area contributed by atoms with Gasteiger partial charge in [0, 0.05) is 12.0 Å². The Bertz CT molecular complexity index is 394. The van der Waals surface area contributed by atoms with Gasteiger partial charge >= 0.3 is 0 Å². The average molecular weight is 266 g/mol. The molecule has 0 saturated carbocycles. The third kappa shape index (κ3) is 4.01. The molecule has 0 radical (unpaired) electrons. The van der Waals surface area contributed by atoms with E-state index in [4.69, 9.17) is 10.2 Å². The quantitative estimate of drug-likeness (QED) is 0.902. The van der Waals surface area contributed by atoms with E-state index in [2.05, 4.69) is 35.9 Å². The zero-order valence-electron chi connectivity index (χ0n) is 12.4. The molecule has 0 bridgehead atoms. The number of likely N-dealkylation sites (tertiary alicyclic amines) is 1. The smallest absolute Gasteiger partial charge is 0.230 e. The molecule has 5 nitrogen and oxygen atoms in total. The lowest BCUT2D eigenvalue weighted by Crippen LogP contribution is -2.35. The van der Waals surface area contributed by atoms with Crippen molar-refractivity contribution in [1.82, 2.24) is 15.1 Å². The molecule has 5 heteroatoms. The molecule has 1 aromatic heterocycles. The molecule has 1 aromatic rings. The SMILES string of the molecule is CC(C)(C)c1nnc(CN2CCCC(CCN)C2)o1. The predicted octanol–water partition coefficient (Wildman–Crippen LogP) is 1.93. The van der Waals surface area contributed by atoms with Gasteiger partial charge in [0.15, 0.2) is 0 Å². The molecule has 0 aliphatic carbocycles. The molecule has 0 amide bonds. The average Bonchev–Trinajstić information content (AvgIpc) is 2.78. The van der Waals surface area contributed by atoms with E-state index in [1.165, 1.54) is 12.8 Å². The lowest BCUT2D eigenvalue weighted by Gasteiger charge is -2.31. The Kier molecular flexibility index (Phi) is 4.58. The first kappa shape index (κ1) is 14.5. The first-order valence-corrected chi connectivity index (χ1v) is 7.24. The van der Waals surface area contributed by atoms with Gasteiger partial charge in [-0.2, -0.15) is 0 Å². The number of nitrogens with two attached hydrogens (primary N) is 1. The van der Waals surface area contributed by atoms with Gasteiger partial charge in [0.1, 0.15) is 0 Å². The van der Waals surface area contributed by atoms with Crippen molar-refractivity contribution in [2.45, 2.75) is 52.0 Å². The topological polar surface area (TPSA) is 68.2 Å². The Labute approximate surface area is 115 Å². The highest BCUT2D eigenvalue weighted by Crippen LogP contribution is 2.23. The van der Waals surface area contributed by atoms with Crippen molar-refractivity contribution >= 4 is 0 Å². The van der Waals surface area contributed by atoms with Gasteiger partial charge < -0.3 is 10.2 Å². The van der Waals surface area contributed by atoms with Crippen LogP contribution in [-0.4, -0.2) is 34.7 Å². The molecule has 0 spiro atoms. The van der Waals surface area contributed by atoms with Crippen LogP contribution in [-0.2, 0) is 12.0 Å². The summed E-state index contributed by atoms with van der Waals surface area (Å²) in [6.45, 7) is 10.0. The monoisotopic (exact) mass is 266 g/mol. The molecular formula is C14H26N4O. The Morgan fingerprint density at radius 1 is 1.37 bits per heavy atom. The summed E-state index contributed by atoms with van der Waals surface area (Å²) in [5.41, 5.74) is 5.58. The van der Waals surface area contributed by atoms with Crippen LogP contribution < -0.4 is 5.73 Å². The van der Waals surface area contributed by atoms with Gasteiger partial charge in [-0.05, 0) is 38.3 Å². The van der Waals surface area contributed by atoms with Gasteiger partial charge in [0.05, 0.1) is 6.54 Å². The predicted molar refractivity (Wildman–Crippen MR) is 74.7 cm³/mol. The summed E-state index contributed by atoms with van der Waals surface area (Å²) in [4.78, 5) is 2.41. The summed E-state index contributed by atoms with van der Waals surface area (Å²) in [6.07, 6.45) is 3.66. The minimum absolute atomic E-state index is 0.0742. The van der Waals surface area contributed by atoms with Crippen LogP contribution in [0.15, 0.2) is 4.42 Å². The molecule has 2 N–H and O–H groups in total. The summed E-state index contributed by atoms with van der Waals surface area (Å²) in [7, 11) is 0. The van der Waals surface area contributed by atoms with E-state index >= 15 is 0 Å². The second-order valence-electron chi connectivity index (χ2n) is 6.57. The van der Waals surface area contributed by atoms with E-state index in [-0.39, 0.29) is 5.41 Å². The second-order valence-corrected chi connectivity index (χ2v) is 6.57. The molecule has 2 rings (SSSR count). The van der Waals surface area contributed by atoms with Crippen LogP contribution in [0.1, 0.15) is 51.8 Å². The van der Waals surface area contributed by atoms with Gasteiger partial charge in [-0.15, -0.1) is 10.2 Å². The Morgan fingerprint density at radius 3 is 2.79 bits per heavy atom. The van der Waals surface area contributed by atoms with Crippen molar-refractivity contribution in [1.29, 1.82) is 0 Å². The van der Waals surface area contributed by atoms with E-state index in [1.807, 2.05) is 0 Å². The highest BCUT2D eigenvalue weighted by molar-refractivity contribution is 4.96. The van der Waals surface area contributed by atoms with E-state index in [9.17, 15) is 0 Å². The standard InChI is InChI=1S/C14H26N4O/c1-14(2,3)13-17-16-12(19-13)10-18-8-4-5-11(9-18)6-7-15/h11H,4-10,15H2,1-3H3. The summed E-state index contributed by atoms with van der Waals surface area (Å²) in [6, 6.07) is 0. The number of rotatable bonds is 4. The molecule has 1 unspecified atom stereocenters. The maximum atomic E-state index is 5.76. The second kappa shape index (κ2) is 6.01. The summed E-state index contributed by atoms with van der Waals surface area (Å²) in [5.74, 6) is 2.18. The molecule has 19 heavy (non-hydrogen) atoms. The van der Waals surface area contributed by atoms with E-state index in [0.29, 0.717) is 0 Å². The molecule has 108 valence electrons. The number of hydrogen-bond donors (Lipinski definition) is 1. The molecule has 2 heterocycles. The van der Waals surface area contributed by atoms with Crippen molar-refractivity contribution in [3.63, 3.8) is 0 Å². The third-order valence-corrected chi connectivity index (χ3v) is 3.65. The van der Waals surface area contributed by atoms with Crippen molar-refractivity contribution in [2.75, 3.05) is 19.6 Å². The van der Waals surface area contributed by atoms with Gasteiger partial charge in [-0.25, -0.2) is 0 Å². The third-order valence-electron chi connectivity index (χ3n) is 3.65.